The van der Waals surface area contributed by atoms with Crippen molar-refractivity contribution in [3.05, 3.63) is 56.9 Å². The number of benzene rings is 1. The minimum atomic E-state index is -3.18. The Hall–Kier alpha value is -4.30. The largest absolute Gasteiger partial charge is 0.363 e. The van der Waals surface area contributed by atoms with Crippen LogP contribution in [0.5, 0.6) is 0 Å². The first-order valence-electron chi connectivity index (χ1n) is 11.7. The molecular weight excluding hydrogens is 514 g/mol. The van der Waals surface area contributed by atoms with Gasteiger partial charge < -0.3 is 15.1 Å². The van der Waals surface area contributed by atoms with Gasteiger partial charge in [0.25, 0.3) is 17.0 Å². The van der Waals surface area contributed by atoms with Gasteiger partial charge in [-0.15, -0.1) is 0 Å². The van der Waals surface area contributed by atoms with Crippen LogP contribution in [0.4, 0.5) is 28.9 Å². The SMILES string of the molecule is O=C(NC[C@@H]1CC(=O)N(c2cc(F)c(N3CCn4c(=O)c5nccnc5c(=O)n4CC3)c(F)c2)C1)C(F)F. The predicted octanol–water partition coefficient (Wildman–Crippen LogP) is 0.486. The number of hydrogen-bond acceptors (Lipinski definition) is 7. The molecule has 200 valence electrons. The van der Waals surface area contributed by atoms with Crippen molar-refractivity contribution >= 4 is 34.2 Å². The summed E-state index contributed by atoms with van der Waals surface area (Å²) >= 11 is 0. The van der Waals surface area contributed by atoms with Crippen LogP contribution < -0.4 is 26.2 Å². The molecule has 0 spiro atoms. The van der Waals surface area contributed by atoms with Gasteiger partial charge in [-0.1, -0.05) is 0 Å². The van der Waals surface area contributed by atoms with Gasteiger partial charge in [0.2, 0.25) is 5.91 Å². The highest BCUT2D eigenvalue weighted by Gasteiger charge is 2.33. The highest BCUT2D eigenvalue weighted by atomic mass is 19.3. The van der Waals surface area contributed by atoms with E-state index >= 15 is 8.78 Å². The van der Waals surface area contributed by atoms with Crippen molar-refractivity contribution in [3.8, 4) is 0 Å². The van der Waals surface area contributed by atoms with Gasteiger partial charge in [-0.05, 0) is 12.1 Å². The van der Waals surface area contributed by atoms with Gasteiger partial charge in [-0.2, -0.15) is 8.78 Å². The van der Waals surface area contributed by atoms with E-state index in [-0.39, 0.29) is 68.1 Å². The number of nitrogens with one attached hydrogen (secondary N) is 1. The zero-order valence-electron chi connectivity index (χ0n) is 19.7. The zero-order valence-corrected chi connectivity index (χ0v) is 19.7. The molecule has 1 N–H and O–H groups in total. The summed E-state index contributed by atoms with van der Waals surface area (Å²) in [5.74, 6) is -4.34. The number of carbonyl (C=O) groups excluding carboxylic acids is 2. The molecule has 2 aliphatic rings. The summed E-state index contributed by atoms with van der Waals surface area (Å²) < 4.78 is 57.6. The first-order chi connectivity index (χ1) is 18.2. The van der Waals surface area contributed by atoms with Gasteiger partial charge in [-0.3, -0.25) is 19.2 Å². The molecule has 4 heterocycles. The quantitative estimate of drug-likeness (QED) is 0.472. The number of anilines is 2. The Bertz CT molecular complexity index is 1470. The van der Waals surface area contributed by atoms with Crippen molar-refractivity contribution in [2.24, 2.45) is 5.92 Å². The standard InChI is InChI=1S/C23H21F4N7O4/c24-14-8-13(32-11-12(7-16(32)35)10-30-21(36)20(26)27)9-15(25)19(14)31-3-5-33-22(37)17-18(29-2-1-28-17)23(38)34(33)6-4-31/h1-2,8-9,12,20H,3-7,10-11H2,(H,30,36)/t12-/m0/s1. The maximum absolute atomic E-state index is 15.2. The Morgan fingerprint density at radius 3 is 2.03 bits per heavy atom. The molecule has 2 aliphatic heterocycles. The molecule has 3 aromatic rings. The minimum absolute atomic E-state index is 0.00680. The Morgan fingerprint density at radius 2 is 1.50 bits per heavy atom. The van der Waals surface area contributed by atoms with E-state index in [2.05, 4.69) is 9.97 Å². The Kier molecular flexibility index (Phi) is 6.59. The summed E-state index contributed by atoms with van der Waals surface area (Å²) in [7, 11) is 0. The van der Waals surface area contributed by atoms with Crippen LogP contribution in [0.2, 0.25) is 0 Å². The van der Waals surface area contributed by atoms with E-state index in [4.69, 9.17) is 0 Å². The molecule has 15 heteroatoms. The van der Waals surface area contributed by atoms with E-state index < -0.39 is 46.9 Å². The molecule has 0 unspecified atom stereocenters. The lowest BCUT2D eigenvalue weighted by Gasteiger charge is -2.25. The fourth-order valence-electron chi connectivity index (χ4n) is 4.83. The van der Waals surface area contributed by atoms with Crippen LogP contribution in [0, 0.1) is 17.6 Å². The summed E-state index contributed by atoms with van der Waals surface area (Å²) in [6, 6.07) is 1.99. The number of nitrogens with zero attached hydrogens (tertiary/aromatic N) is 6. The van der Waals surface area contributed by atoms with E-state index in [1.54, 1.807) is 0 Å². The average molecular weight is 535 g/mol. The molecule has 1 aromatic carbocycles. The van der Waals surface area contributed by atoms with Gasteiger partial charge >= 0.3 is 6.43 Å². The third kappa shape index (κ3) is 4.48. The van der Waals surface area contributed by atoms with Gasteiger partial charge in [0.15, 0.2) is 22.7 Å². The normalized spacial score (nSPS) is 17.7. The molecular formula is C23H21F4N7O4. The second kappa shape index (κ2) is 9.87. The molecule has 0 radical (unpaired) electrons. The number of hydrogen-bond donors (Lipinski definition) is 1. The number of fused-ring (bicyclic) bond motifs is 2. The highest BCUT2D eigenvalue weighted by molar-refractivity contribution is 5.96. The van der Waals surface area contributed by atoms with Crippen LogP contribution in [0.1, 0.15) is 6.42 Å². The van der Waals surface area contributed by atoms with Gasteiger partial charge in [0.1, 0.15) is 5.69 Å². The van der Waals surface area contributed by atoms with Crippen molar-refractivity contribution in [3.63, 3.8) is 0 Å². The van der Waals surface area contributed by atoms with Crippen LogP contribution >= 0.6 is 0 Å². The number of amides is 2. The van der Waals surface area contributed by atoms with E-state index in [1.165, 1.54) is 26.7 Å². The van der Waals surface area contributed by atoms with Crippen LogP contribution in [0.3, 0.4) is 0 Å². The molecule has 1 saturated heterocycles. The van der Waals surface area contributed by atoms with Crippen LogP contribution in [0.25, 0.3) is 11.0 Å². The number of aromatic nitrogens is 4. The average Bonchev–Trinajstić information content (AvgIpc) is 3.12. The van der Waals surface area contributed by atoms with E-state index in [9.17, 15) is 28.0 Å². The lowest BCUT2D eigenvalue weighted by atomic mass is 10.1. The lowest BCUT2D eigenvalue weighted by Crippen LogP contribution is -2.39. The van der Waals surface area contributed by atoms with Crippen LogP contribution in [-0.2, 0) is 22.7 Å². The fourth-order valence-corrected chi connectivity index (χ4v) is 4.83. The molecule has 0 bridgehead atoms. The second-order valence-corrected chi connectivity index (χ2v) is 8.98. The topological polar surface area (TPSA) is 122 Å². The lowest BCUT2D eigenvalue weighted by molar-refractivity contribution is -0.132. The van der Waals surface area contributed by atoms with Crippen molar-refractivity contribution < 1.29 is 27.2 Å². The van der Waals surface area contributed by atoms with Crippen molar-refractivity contribution in [2.75, 3.05) is 36.0 Å². The van der Waals surface area contributed by atoms with Gasteiger partial charge in [0, 0.05) is 56.6 Å². The van der Waals surface area contributed by atoms with Crippen molar-refractivity contribution in [2.45, 2.75) is 25.9 Å². The summed E-state index contributed by atoms with van der Waals surface area (Å²) in [5, 5.41) is 2.04. The molecule has 2 amide bonds. The number of carbonyl (C=O) groups is 2. The smallest absolute Gasteiger partial charge is 0.315 e. The van der Waals surface area contributed by atoms with E-state index in [1.807, 2.05) is 5.32 Å². The molecule has 11 nitrogen and oxygen atoms in total. The molecule has 0 aliphatic carbocycles. The summed E-state index contributed by atoms with van der Waals surface area (Å²) in [6.45, 7) is -0.266. The molecule has 2 aromatic heterocycles. The summed E-state index contributed by atoms with van der Waals surface area (Å²) in [5.41, 5.74) is -1.70. The summed E-state index contributed by atoms with van der Waals surface area (Å²) in [4.78, 5) is 59.6. The predicted molar refractivity (Wildman–Crippen MR) is 126 cm³/mol. The van der Waals surface area contributed by atoms with Crippen LogP contribution in [-0.4, -0.2) is 63.8 Å². The van der Waals surface area contributed by atoms with Gasteiger partial charge in [-0.25, -0.2) is 28.1 Å². The highest BCUT2D eigenvalue weighted by Crippen LogP contribution is 2.32. The number of rotatable bonds is 5. The molecule has 1 fully saturated rings. The fraction of sp³-hybridized carbons (Fsp3) is 0.391. The summed E-state index contributed by atoms with van der Waals surface area (Å²) in [6.07, 6.45) is -0.679. The first-order valence-corrected chi connectivity index (χ1v) is 11.7. The van der Waals surface area contributed by atoms with Crippen molar-refractivity contribution in [1.29, 1.82) is 0 Å². The van der Waals surface area contributed by atoms with Crippen molar-refractivity contribution in [1.82, 2.24) is 24.6 Å². The molecule has 0 saturated carbocycles. The Morgan fingerprint density at radius 1 is 0.947 bits per heavy atom. The minimum Gasteiger partial charge on any atom is -0.363 e. The third-order valence-electron chi connectivity index (χ3n) is 6.62. The monoisotopic (exact) mass is 535 g/mol. The first kappa shape index (κ1) is 25.4. The maximum Gasteiger partial charge on any atom is 0.315 e. The zero-order chi connectivity index (χ0) is 27.1. The molecule has 1 atom stereocenters. The van der Waals surface area contributed by atoms with Crippen LogP contribution in [0.15, 0.2) is 34.1 Å². The third-order valence-corrected chi connectivity index (χ3v) is 6.62. The maximum atomic E-state index is 15.2. The molecule has 38 heavy (non-hydrogen) atoms. The Balaban J connectivity index is 1.36. The molecule has 5 rings (SSSR count). The van der Waals surface area contributed by atoms with Gasteiger partial charge in [0.05, 0.1) is 13.1 Å². The van der Waals surface area contributed by atoms with E-state index in [0.717, 1.165) is 17.0 Å². The second-order valence-electron chi connectivity index (χ2n) is 8.98. The van der Waals surface area contributed by atoms with E-state index in [0.29, 0.717) is 0 Å². The Labute approximate surface area is 211 Å². The number of halogens is 4. The number of alkyl halides is 2.